The summed E-state index contributed by atoms with van der Waals surface area (Å²) in [6.07, 6.45) is 1.78. The zero-order valence-corrected chi connectivity index (χ0v) is 12.4. The highest BCUT2D eigenvalue weighted by Gasteiger charge is 2.18. The summed E-state index contributed by atoms with van der Waals surface area (Å²) in [5.41, 5.74) is 4.39. The maximum Gasteiger partial charge on any atom is 0.195 e. The number of aromatic nitrogens is 1. The van der Waals surface area contributed by atoms with Crippen molar-refractivity contribution < 1.29 is 9.53 Å². The maximum atomic E-state index is 12.9. The molecule has 0 unspecified atom stereocenters. The van der Waals surface area contributed by atoms with Gasteiger partial charge in [0, 0.05) is 28.2 Å². The third kappa shape index (κ3) is 2.21. The highest BCUT2D eigenvalue weighted by molar-refractivity contribution is 6.17. The predicted octanol–water partition coefficient (Wildman–Crippen LogP) is 4.02. The van der Waals surface area contributed by atoms with Crippen LogP contribution in [0.25, 0.3) is 10.9 Å². The fourth-order valence-electron chi connectivity index (χ4n) is 2.72. The molecule has 0 radical (unpaired) electrons. The van der Waals surface area contributed by atoms with Crippen LogP contribution >= 0.6 is 0 Å². The number of H-pyrrole nitrogens is 1. The minimum absolute atomic E-state index is 0.0464. The van der Waals surface area contributed by atoms with Gasteiger partial charge in [-0.25, -0.2) is 0 Å². The van der Waals surface area contributed by atoms with Crippen LogP contribution in [0.3, 0.4) is 0 Å². The molecule has 3 nitrogen and oxygen atoms in total. The van der Waals surface area contributed by atoms with E-state index in [4.69, 9.17) is 4.74 Å². The van der Waals surface area contributed by atoms with Crippen molar-refractivity contribution in [3.63, 3.8) is 0 Å². The highest BCUT2D eigenvalue weighted by Crippen LogP contribution is 2.27. The third-order valence-corrected chi connectivity index (χ3v) is 3.84. The van der Waals surface area contributed by atoms with Crippen LogP contribution in [0.15, 0.2) is 42.6 Å². The molecular formula is C18H17NO2. The van der Waals surface area contributed by atoms with E-state index in [0.717, 1.165) is 33.3 Å². The van der Waals surface area contributed by atoms with E-state index in [1.54, 1.807) is 13.3 Å². The summed E-state index contributed by atoms with van der Waals surface area (Å²) >= 11 is 0. The molecular weight excluding hydrogens is 262 g/mol. The van der Waals surface area contributed by atoms with Gasteiger partial charge in [0.25, 0.3) is 0 Å². The lowest BCUT2D eigenvalue weighted by Gasteiger charge is -2.08. The molecule has 1 aromatic heterocycles. The van der Waals surface area contributed by atoms with Crippen molar-refractivity contribution in [2.45, 2.75) is 13.8 Å². The number of aromatic amines is 1. The fourth-order valence-corrected chi connectivity index (χ4v) is 2.72. The summed E-state index contributed by atoms with van der Waals surface area (Å²) in [6.45, 7) is 3.94. The van der Waals surface area contributed by atoms with E-state index in [1.165, 1.54) is 0 Å². The van der Waals surface area contributed by atoms with Gasteiger partial charge in [0.2, 0.25) is 0 Å². The number of fused-ring (bicyclic) bond motifs is 1. The highest BCUT2D eigenvalue weighted by atomic mass is 16.5. The van der Waals surface area contributed by atoms with Gasteiger partial charge in [-0.1, -0.05) is 18.2 Å². The van der Waals surface area contributed by atoms with Crippen molar-refractivity contribution in [1.29, 1.82) is 0 Å². The second-order valence-electron chi connectivity index (χ2n) is 5.21. The molecule has 0 aliphatic heterocycles. The molecule has 1 N–H and O–H groups in total. The van der Waals surface area contributed by atoms with Crippen LogP contribution < -0.4 is 4.74 Å². The van der Waals surface area contributed by atoms with Crippen LogP contribution in [0, 0.1) is 13.8 Å². The SMILES string of the molecule is COc1ccc2[nH]cc(C(=O)c3c(C)cccc3C)c2c1. The van der Waals surface area contributed by atoms with Gasteiger partial charge in [-0.05, 0) is 43.2 Å². The van der Waals surface area contributed by atoms with E-state index < -0.39 is 0 Å². The largest absolute Gasteiger partial charge is 0.497 e. The van der Waals surface area contributed by atoms with Crippen molar-refractivity contribution in [3.05, 3.63) is 64.8 Å². The summed E-state index contributed by atoms with van der Waals surface area (Å²) in [5.74, 6) is 0.794. The van der Waals surface area contributed by atoms with E-state index in [0.29, 0.717) is 5.56 Å². The van der Waals surface area contributed by atoms with Crippen molar-refractivity contribution in [1.82, 2.24) is 4.98 Å². The summed E-state index contributed by atoms with van der Waals surface area (Å²) in [6, 6.07) is 11.6. The number of hydrogen-bond acceptors (Lipinski definition) is 2. The number of benzene rings is 2. The third-order valence-electron chi connectivity index (χ3n) is 3.84. The molecule has 3 aromatic rings. The topological polar surface area (TPSA) is 42.1 Å². The first kappa shape index (κ1) is 13.4. The normalized spacial score (nSPS) is 10.8. The summed E-state index contributed by atoms with van der Waals surface area (Å²) in [7, 11) is 1.63. The Morgan fingerprint density at radius 2 is 1.81 bits per heavy atom. The molecule has 0 saturated carbocycles. The second kappa shape index (κ2) is 5.09. The number of ketones is 1. The second-order valence-corrected chi connectivity index (χ2v) is 5.21. The molecule has 0 aliphatic carbocycles. The van der Waals surface area contributed by atoms with Gasteiger partial charge < -0.3 is 9.72 Å². The molecule has 106 valence electrons. The Labute approximate surface area is 123 Å². The lowest BCUT2D eigenvalue weighted by atomic mass is 9.95. The quantitative estimate of drug-likeness (QED) is 0.736. The van der Waals surface area contributed by atoms with Crippen LogP contribution in [0.2, 0.25) is 0 Å². The van der Waals surface area contributed by atoms with Gasteiger partial charge in [-0.3, -0.25) is 4.79 Å². The van der Waals surface area contributed by atoms with Gasteiger partial charge in [0.05, 0.1) is 7.11 Å². The van der Waals surface area contributed by atoms with Crippen molar-refractivity contribution >= 4 is 16.7 Å². The van der Waals surface area contributed by atoms with Crippen molar-refractivity contribution in [2.75, 3.05) is 7.11 Å². The first-order chi connectivity index (χ1) is 10.1. The molecule has 3 rings (SSSR count). The Morgan fingerprint density at radius 1 is 1.10 bits per heavy atom. The Balaban J connectivity index is 2.18. The van der Waals surface area contributed by atoms with E-state index >= 15 is 0 Å². The first-order valence-electron chi connectivity index (χ1n) is 6.88. The molecule has 2 aromatic carbocycles. The van der Waals surface area contributed by atoms with E-state index in [2.05, 4.69) is 4.98 Å². The van der Waals surface area contributed by atoms with E-state index in [-0.39, 0.29) is 5.78 Å². The van der Waals surface area contributed by atoms with Crippen LogP contribution in [-0.4, -0.2) is 17.9 Å². The summed E-state index contributed by atoms with van der Waals surface area (Å²) in [4.78, 5) is 16.1. The molecule has 1 heterocycles. The minimum Gasteiger partial charge on any atom is -0.497 e. The first-order valence-corrected chi connectivity index (χ1v) is 6.88. The maximum absolute atomic E-state index is 12.9. The predicted molar refractivity (Wildman–Crippen MR) is 84.2 cm³/mol. The number of rotatable bonds is 3. The van der Waals surface area contributed by atoms with Gasteiger partial charge in [-0.15, -0.1) is 0 Å². The minimum atomic E-state index is 0.0464. The zero-order chi connectivity index (χ0) is 15.0. The van der Waals surface area contributed by atoms with Gasteiger partial charge in [-0.2, -0.15) is 0 Å². The van der Waals surface area contributed by atoms with Gasteiger partial charge in [0.15, 0.2) is 5.78 Å². The van der Waals surface area contributed by atoms with Crippen LogP contribution in [0.4, 0.5) is 0 Å². The average molecular weight is 279 g/mol. The van der Waals surface area contributed by atoms with Crippen molar-refractivity contribution in [3.8, 4) is 5.75 Å². The average Bonchev–Trinajstić information content (AvgIpc) is 2.89. The number of hydrogen-bond donors (Lipinski definition) is 1. The summed E-state index contributed by atoms with van der Waals surface area (Å²) in [5, 5.41) is 0.891. The molecule has 0 atom stereocenters. The molecule has 0 aliphatic rings. The number of methoxy groups -OCH3 is 1. The number of nitrogens with one attached hydrogen (secondary N) is 1. The van der Waals surface area contributed by atoms with Crippen LogP contribution in [0.1, 0.15) is 27.0 Å². The molecule has 0 spiro atoms. The molecule has 21 heavy (non-hydrogen) atoms. The molecule has 0 bridgehead atoms. The fraction of sp³-hybridized carbons (Fsp3) is 0.167. The molecule has 0 amide bonds. The lowest BCUT2D eigenvalue weighted by molar-refractivity contribution is 0.103. The smallest absolute Gasteiger partial charge is 0.195 e. The monoisotopic (exact) mass is 279 g/mol. The van der Waals surface area contributed by atoms with Crippen LogP contribution in [-0.2, 0) is 0 Å². The Hall–Kier alpha value is -2.55. The van der Waals surface area contributed by atoms with E-state index in [1.807, 2.05) is 50.2 Å². The number of ether oxygens (including phenoxy) is 1. The number of carbonyl (C=O) groups excluding carboxylic acids is 1. The van der Waals surface area contributed by atoms with E-state index in [9.17, 15) is 4.79 Å². The number of aryl methyl sites for hydroxylation is 2. The standard InChI is InChI=1S/C18H17NO2/c1-11-5-4-6-12(2)17(11)18(20)15-10-19-16-8-7-13(21-3)9-14(15)16/h4-10,19H,1-3H3. The van der Waals surface area contributed by atoms with Crippen molar-refractivity contribution in [2.24, 2.45) is 0 Å². The van der Waals surface area contributed by atoms with Gasteiger partial charge in [0.1, 0.15) is 5.75 Å². The molecule has 3 heteroatoms. The van der Waals surface area contributed by atoms with Gasteiger partial charge >= 0.3 is 0 Å². The zero-order valence-electron chi connectivity index (χ0n) is 12.4. The van der Waals surface area contributed by atoms with Crippen LogP contribution in [0.5, 0.6) is 5.75 Å². The number of carbonyl (C=O) groups is 1. The molecule has 0 fully saturated rings. The Kier molecular flexibility index (Phi) is 3.26. The summed E-state index contributed by atoms with van der Waals surface area (Å²) < 4.78 is 5.25. The Bertz CT molecular complexity index is 810. The molecule has 0 saturated heterocycles. The Morgan fingerprint density at radius 3 is 2.48 bits per heavy atom. The lowest BCUT2D eigenvalue weighted by Crippen LogP contribution is -2.05.